The number of nitrogens with two attached hydrogens (primary N) is 1. The van der Waals surface area contributed by atoms with Crippen molar-refractivity contribution in [3.63, 3.8) is 0 Å². The highest BCUT2D eigenvalue weighted by Gasteiger charge is 2.11. The van der Waals surface area contributed by atoms with Crippen LogP contribution in [0, 0.1) is 5.92 Å². The molecule has 0 spiro atoms. The summed E-state index contributed by atoms with van der Waals surface area (Å²) in [7, 11) is 0. The van der Waals surface area contributed by atoms with Crippen molar-refractivity contribution in [3.05, 3.63) is 24.1 Å². The molecule has 1 aromatic heterocycles. The molecule has 0 radical (unpaired) electrons. The van der Waals surface area contributed by atoms with Crippen molar-refractivity contribution >= 4 is 28.5 Å². The van der Waals surface area contributed by atoms with Crippen molar-refractivity contribution in [3.8, 4) is 0 Å². The van der Waals surface area contributed by atoms with E-state index in [4.69, 9.17) is 10.2 Å². The summed E-state index contributed by atoms with van der Waals surface area (Å²) in [6.07, 6.45) is 0. The molecule has 0 saturated heterocycles. The zero-order chi connectivity index (χ0) is 12.4. The molecule has 2 rings (SSSR count). The Bertz CT molecular complexity index is 507. The molecular weight excluding hydrogens is 232 g/mol. The van der Waals surface area contributed by atoms with Crippen LogP contribution in [0.3, 0.4) is 0 Å². The molecule has 0 bridgehead atoms. The van der Waals surface area contributed by atoms with E-state index in [1.54, 1.807) is 0 Å². The molecule has 0 saturated carbocycles. The highest BCUT2D eigenvalue weighted by Crippen LogP contribution is 2.25. The Balaban J connectivity index is 2.09. The lowest BCUT2D eigenvalue weighted by Crippen LogP contribution is -2.05. The van der Waals surface area contributed by atoms with Gasteiger partial charge >= 0.3 is 0 Å². The van der Waals surface area contributed by atoms with E-state index in [1.807, 2.05) is 30.0 Å². The fourth-order valence-electron chi connectivity index (χ4n) is 1.45. The zero-order valence-corrected chi connectivity index (χ0v) is 11.3. The predicted molar refractivity (Wildman–Crippen MR) is 74.0 cm³/mol. The summed E-state index contributed by atoms with van der Waals surface area (Å²) >= 11 is 1.87. The van der Waals surface area contributed by atoms with Crippen molar-refractivity contribution in [2.24, 2.45) is 5.92 Å². The van der Waals surface area contributed by atoms with Gasteiger partial charge in [0.1, 0.15) is 5.52 Å². The van der Waals surface area contributed by atoms with E-state index >= 15 is 0 Å². The number of hydrogen-bond donors (Lipinski definition) is 1. The summed E-state index contributed by atoms with van der Waals surface area (Å²) in [5, 5.41) is 0.607. The van der Waals surface area contributed by atoms with Gasteiger partial charge in [0.05, 0.1) is 5.75 Å². The molecule has 0 aliphatic carbocycles. The average Bonchev–Trinajstić information content (AvgIpc) is 2.67. The molecule has 2 aromatic rings. The molecule has 3 nitrogen and oxygen atoms in total. The number of anilines is 1. The van der Waals surface area contributed by atoms with Gasteiger partial charge in [-0.2, -0.15) is 0 Å². The SMILES string of the molecule is CC(C)C(C)SCc1nc2ccc(N)cc2o1. The van der Waals surface area contributed by atoms with Gasteiger partial charge in [0.15, 0.2) is 5.58 Å². The van der Waals surface area contributed by atoms with Gasteiger partial charge in [-0.3, -0.25) is 0 Å². The average molecular weight is 250 g/mol. The highest BCUT2D eigenvalue weighted by molar-refractivity contribution is 7.99. The van der Waals surface area contributed by atoms with Crippen LogP contribution in [0.2, 0.25) is 0 Å². The fraction of sp³-hybridized carbons (Fsp3) is 0.462. The number of oxazole rings is 1. The van der Waals surface area contributed by atoms with Crippen LogP contribution in [0.5, 0.6) is 0 Å². The molecule has 0 aliphatic rings. The minimum Gasteiger partial charge on any atom is -0.440 e. The van der Waals surface area contributed by atoms with Gasteiger partial charge in [0.25, 0.3) is 0 Å². The minimum atomic E-state index is 0.607. The summed E-state index contributed by atoms with van der Waals surface area (Å²) in [5.41, 5.74) is 8.07. The molecule has 0 aliphatic heterocycles. The van der Waals surface area contributed by atoms with Crippen LogP contribution in [-0.2, 0) is 5.75 Å². The number of nitrogen functional groups attached to an aromatic ring is 1. The number of fused-ring (bicyclic) bond motifs is 1. The lowest BCUT2D eigenvalue weighted by molar-refractivity contribution is 0.554. The van der Waals surface area contributed by atoms with E-state index in [1.165, 1.54) is 0 Å². The quantitative estimate of drug-likeness (QED) is 0.841. The van der Waals surface area contributed by atoms with E-state index in [0.717, 1.165) is 22.7 Å². The summed E-state index contributed by atoms with van der Waals surface area (Å²) in [5.74, 6) is 2.26. The van der Waals surface area contributed by atoms with E-state index in [-0.39, 0.29) is 0 Å². The van der Waals surface area contributed by atoms with E-state index in [2.05, 4.69) is 25.8 Å². The maximum Gasteiger partial charge on any atom is 0.205 e. The number of nitrogens with zero attached hydrogens (tertiary/aromatic N) is 1. The first-order chi connectivity index (χ1) is 8.06. The molecule has 2 N–H and O–H groups in total. The first-order valence-electron chi connectivity index (χ1n) is 5.83. The lowest BCUT2D eigenvalue weighted by Gasteiger charge is -2.13. The first-order valence-corrected chi connectivity index (χ1v) is 6.87. The summed E-state index contributed by atoms with van der Waals surface area (Å²) < 4.78 is 5.67. The lowest BCUT2D eigenvalue weighted by atomic mass is 10.2. The zero-order valence-electron chi connectivity index (χ0n) is 10.4. The van der Waals surface area contributed by atoms with E-state index in [0.29, 0.717) is 16.9 Å². The van der Waals surface area contributed by atoms with Crippen LogP contribution in [0.1, 0.15) is 26.7 Å². The molecule has 1 atom stereocenters. The van der Waals surface area contributed by atoms with Crippen molar-refractivity contribution in [2.75, 3.05) is 5.73 Å². The molecule has 92 valence electrons. The Hall–Kier alpha value is -1.16. The number of thioether (sulfide) groups is 1. The second kappa shape index (κ2) is 5.00. The van der Waals surface area contributed by atoms with Gasteiger partial charge in [-0.05, 0) is 18.1 Å². The molecule has 17 heavy (non-hydrogen) atoms. The topological polar surface area (TPSA) is 52.0 Å². The van der Waals surface area contributed by atoms with Crippen molar-refractivity contribution in [1.82, 2.24) is 4.98 Å². The predicted octanol–water partition coefficient (Wildman–Crippen LogP) is 3.69. The third-order valence-electron chi connectivity index (χ3n) is 2.87. The normalized spacial score (nSPS) is 13.4. The van der Waals surface area contributed by atoms with Crippen LogP contribution in [0.25, 0.3) is 11.1 Å². The Labute approximate surface area is 106 Å². The molecule has 1 unspecified atom stereocenters. The van der Waals surface area contributed by atoms with Gasteiger partial charge in [0.2, 0.25) is 5.89 Å². The number of aromatic nitrogens is 1. The Morgan fingerprint density at radius 2 is 2.12 bits per heavy atom. The van der Waals surface area contributed by atoms with Crippen LogP contribution in [0.15, 0.2) is 22.6 Å². The number of benzene rings is 1. The third kappa shape index (κ3) is 2.94. The van der Waals surface area contributed by atoms with Crippen molar-refractivity contribution < 1.29 is 4.42 Å². The van der Waals surface area contributed by atoms with Crippen LogP contribution >= 0.6 is 11.8 Å². The van der Waals surface area contributed by atoms with E-state index < -0.39 is 0 Å². The Morgan fingerprint density at radius 3 is 2.82 bits per heavy atom. The van der Waals surface area contributed by atoms with Crippen LogP contribution < -0.4 is 5.73 Å². The van der Waals surface area contributed by atoms with E-state index in [9.17, 15) is 0 Å². The molecule has 4 heteroatoms. The Morgan fingerprint density at radius 1 is 1.35 bits per heavy atom. The van der Waals surface area contributed by atoms with Crippen molar-refractivity contribution in [1.29, 1.82) is 0 Å². The number of rotatable bonds is 4. The number of hydrogen-bond acceptors (Lipinski definition) is 4. The van der Waals surface area contributed by atoms with Gasteiger partial charge in [-0.15, -0.1) is 11.8 Å². The molecule has 1 aromatic carbocycles. The first kappa shape index (κ1) is 12.3. The fourth-order valence-corrected chi connectivity index (χ4v) is 2.36. The van der Waals surface area contributed by atoms with Gasteiger partial charge in [0, 0.05) is 17.0 Å². The summed E-state index contributed by atoms with van der Waals surface area (Å²) in [4.78, 5) is 4.44. The second-order valence-electron chi connectivity index (χ2n) is 4.59. The van der Waals surface area contributed by atoms with Gasteiger partial charge < -0.3 is 10.2 Å². The highest BCUT2D eigenvalue weighted by atomic mass is 32.2. The van der Waals surface area contributed by atoms with Gasteiger partial charge in [-0.25, -0.2) is 4.98 Å². The third-order valence-corrected chi connectivity index (χ3v) is 4.35. The molecule has 1 heterocycles. The molecule has 0 amide bonds. The maximum absolute atomic E-state index is 5.70. The largest absolute Gasteiger partial charge is 0.440 e. The van der Waals surface area contributed by atoms with Crippen LogP contribution in [-0.4, -0.2) is 10.2 Å². The standard InChI is InChI=1S/C13H18N2OS/c1-8(2)9(3)17-7-13-15-11-5-4-10(14)6-12(11)16-13/h4-6,8-9H,7,14H2,1-3H3. The maximum atomic E-state index is 5.70. The summed E-state index contributed by atoms with van der Waals surface area (Å²) in [6.45, 7) is 6.69. The van der Waals surface area contributed by atoms with Crippen molar-refractivity contribution in [2.45, 2.75) is 31.8 Å². The second-order valence-corrected chi connectivity index (χ2v) is 5.96. The summed E-state index contributed by atoms with van der Waals surface area (Å²) in [6, 6.07) is 5.56. The molecular formula is C13H18N2OS. The van der Waals surface area contributed by atoms with Crippen LogP contribution in [0.4, 0.5) is 5.69 Å². The van der Waals surface area contributed by atoms with Gasteiger partial charge in [-0.1, -0.05) is 20.8 Å². The Kier molecular flexibility index (Phi) is 3.62. The monoisotopic (exact) mass is 250 g/mol. The molecule has 0 fully saturated rings. The minimum absolute atomic E-state index is 0.607. The smallest absolute Gasteiger partial charge is 0.205 e.